The number of hydrogen-bond acceptors (Lipinski definition) is 4. The van der Waals surface area contributed by atoms with Crippen LogP contribution >= 0.6 is 11.3 Å². The Bertz CT molecular complexity index is 542. The van der Waals surface area contributed by atoms with Gasteiger partial charge in [-0.05, 0) is 24.1 Å². The van der Waals surface area contributed by atoms with Crippen LogP contribution in [0.2, 0.25) is 0 Å². The number of rotatable bonds is 4. The molecule has 86 valence electrons. The quantitative estimate of drug-likeness (QED) is 0.830. The number of nitriles is 1. The summed E-state index contributed by atoms with van der Waals surface area (Å²) in [7, 11) is 0. The van der Waals surface area contributed by atoms with Crippen molar-refractivity contribution in [2.75, 3.05) is 0 Å². The highest BCUT2D eigenvalue weighted by Gasteiger charge is 2.02. The van der Waals surface area contributed by atoms with E-state index in [9.17, 15) is 0 Å². The Labute approximate surface area is 104 Å². The van der Waals surface area contributed by atoms with Crippen molar-refractivity contribution >= 4 is 11.3 Å². The van der Waals surface area contributed by atoms with Gasteiger partial charge in [0.15, 0.2) is 0 Å². The van der Waals surface area contributed by atoms with Crippen LogP contribution in [0.1, 0.15) is 22.4 Å². The lowest BCUT2D eigenvalue weighted by molar-refractivity contribution is 0.305. The second-order valence-electron chi connectivity index (χ2n) is 3.52. The zero-order valence-corrected chi connectivity index (χ0v) is 10.3. The Morgan fingerprint density at radius 2 is 2.35 bits per heavy atom. The van der Waals surface area contributed by atoms with Gasteiger partial charge in [0, 0.05) is 0 Å². The van der Waals surface area contributed by atoms with E-state index in [1.54, 1.807) is 6.20 Å². The van der Waals surface area contributed by atoms with Crippen molar-refractivity contribution in [2.45, 2.75) is 20.0 Å². The zero-order chi connectivity index (χ0) is 12.1. The summed E-state index contributed by atoms with van der Waals surface area (Å²) in [5.74, 6) is 0.845. The predicted octanol–water partition coefficient (Wildman–Crippen LogP) is 3.16. The highest BCUT2D eigenvalue weighted by atomic mass is 32.1. The van der Waals surface area contributed by atoms with E-state index in [0.29, 0.717) is 11.5 Å². The van der Waals surface area contributed by atoms with Crippen LogP contribution in [-0.4, -0.2) is 4.98 Å². The maximum atomic E-state index is 8.68. The standard InChI is InChI=1S/C13H12N2OS/c1-2-10-4-3-5-11(6-10)16-9-13-15-8-12(7-14)17-13/h3-6,8H,2,9H2,1H3. The van der Waals surface area contributed by atoms with E-state index in [0.717, 1.165) is 17.2 Å². The average molecular weight is 244 g/mol. The number of ether oxygens (including phenoxy) is 1. The first-order chi connectivity index (χ1) is 8.31. The third-order valence-electron chi connectivity index (χ3n) is 2.33. The van der Waals surface area contributed by atoms with E-state index in [1.165, 1.54) is 16.9 Å². The first-order valence-electron chi connectivity index (χ1n) is 5.38. The topological polar surface area (TPSA) is 45.9 Å². The SMILES string of the molecule is CCc1cccc(OCc2ncc(C#N)s2)c1. The largest absolute Gasteiger partial charge is 0.486 e. The molecule has 1 aromatic heterocycles. The Kier molecular flexibility index (Phi) is 3.73. The number of hydrogen-bond donors (Lipinski definition) is 0. The lowest BCUT2D eigenvalue weighted by atomic mass is 10.2. The smallest absolute Gasteiger partial charge is 0.140 e. The van der Waals surface area contributed by atoms with Gasteiger partial charge in [0.2, 0.25) is 0 Å². The summed E-state index contributed by atoms with van der Waals surface area (Å²) in [5, 5.41) is 9.51. The molecule has 1 heterocycles. The fourth-order valence-corrected chi connectivity index (χ4v) is 2.06. The molecule has 2 aromatic rings. The molecule has 0 bridgehead atoms. The summed E-state index contributed by atoms with van der Waals surface area (Å²) in [4.78, 5) is 4.73. The molecule has 0 saturated carbocycles. The van der Waals surface area contributed by atoms with Crippen LogP contribution in [0.25, 0.3) is 0 Å². The molecule has 0 aliphatic rings. The molecule has 2 rings (SSSR count). The number of benzene rings is 1. The van der Waals surface area contributed by atoms with Crippen LogP contribution in [0.15, 0.2) is 30.5 Å². The highest BCUT2D eigenvalue weighted by molar-refractivity contribution is 7.12. The second kappa shape index (κ2) is 5.46. The van der Waals surface area contributed by atoms with Crippen LogP contribution in [0, 0.1) is 11.3 Å². The van der Waals surface area contributed by atoms with E-state index < -0.39 is 0 Å². The van der Waals surface area contributed by atoms with Gasteiger partial charge in [-0.2, -0.15) is 5.26 Å². The van der Waals surface area contributed by atoms with E-state index in [-0.39, 0.29) is 0 Å². The summed E-state index contributed by atoms with van der Waals surface area (Å²) < 4.78 is 5.63. The lowest BCUT2D eigenvalue weighted by Gasteiger charge is -2.05. The molecule has 3 nitrogen and oxygen atoms in total. The summed E-state index contributed by atoms with van der Waals surface area (Å²) in [6.45, 7) is 2.53. The lowest BCUT2D eigenvalue weighted by Crippen LogP contribution is -1.94. The summed E-state index contributed by atoms with van der Waals surface area (Å²) in [5.41, 5.74) is 1.25. The van der Waals surface area contributed by atoms with Crippen molar-refractivity contribution in [2.24, 2.45) is 0 Å². The van der Waals surface area contributed by atoms with Gasteiger partial charge in [0.05, 0.1) is 6.20 Å². The van der Waals surface area contributed by atoms with E-state index in [4.69, 9.17) is 10.00 Å². The minimum Gasteiger partial charge on any atom is -0.486 e. The Morgan fingerprint density at radius 1 is 1.47 bits per heavy atom. The van der Waals surface area contributed by atoms with E-state index in [2.05, 4.69) is 24.0 Å². The fourth-order valence-electron chi connectivity index (χ4n) is 1.43. The molecule has 17 heavy (non-hydrogen) atoms. The van der Waals surface area contributed by atoms with Gasteiger partial charge >= 0.3 is 0 Å². The molecule has 0 N–H and O–H groups in total. The molecule has 1 aromatic carbocycles. The van der Waals surface area contributed by atoms with Crippen molar-refractivity contribution in [3.05, 3.63) is 45.9 Å². The third-order valence-corrected chi connectivity index (χ3v) is 3.21. The number of aromatic nitrogens is 1. The summed E-state index contributed by atoms with van der Waals surface area (Å²) in [6.07, 6.45) is 2.57. The first kappa shape index (κ1) is 11.6. The molecule has 0 aliphatic heterocycles. The normalized spacial score (nSPS) is 9.88. The number of nitrogens with zero attached hydrogens (tertiary/aromatic N) is 2. The van der Waals surface area contributed by atoms with Crippen molar-refractivity contribution in [1.82, 2.24) is 4.98 Å². The fraction of sp³-hybridized carbons (Fsp3) is 0.231. The molecule has 0 unspecified atom stereocenters. The van der Waals surface area contributed by atoms with Crippen LogP contribution in [0.3, 0.4) is 0 Å². The van der Waals surface area contributed by atoms with Crippen LogP contribution in [0.5, 0.6) is 5.75 Å². The summed E-state index contributed by atoms with van der Waals surface area (Å²) >= 11 is 1.36. The van der Waals surface area contributed by atoms with E-state index >= 15 is 0 Å². The molecule has 0 atom stereocenters. The van der Waals surface area contributed by atoms with Crippen molar-refractivity contribution in [3.63, 3.8) is 0 Å². The minimum absolute atomic E-state index is 0.416. The number of aryl methyl sites for hydroxylation is 1. The van der Waals surface area contributed by atoms with Crippen LogP contribution in [-0.2, 0) is 13.0 Å². The van der Waals surface area contributed by atoms with Gasteiger partial charge in [0.25, 0.3) is 0 Å². The van der Waals surface area contributed by atoms with Crippen molar-refractivity contribution in [3.8, 4) is 11.8 Å². The summed E-state index contributed by atoms with van der Waals surface area (Å²) in [6, 6.07) is 10.1. The van der Waals surface area contributed by atoms with Crippen LogP contribution in [0.4, 0.5) is 0 Å². The minimum atomic E-state index is 0.416. The van der Waals surface area contributed by atoms with Gasteiger partial charge in [-0.25, -0.2) is 4.98 Å². The van der Waals surface area contributed by atoms with Gasteiger partial charge in [0.1, 0.15) is 28.3 Å². The molecule has 0 radical (unpaired) electrons. The monoisotopic (exact) mass is 244 g/mol. The van der Waals surface area contributed by atoms with Gasteiger partial charge in [-0.1, -0.05) is 19.1 Å². The van der Waals surface area contributed by atoms with Crippen molar-refractivity contribution in [1.29, 1.82) is 5.26 Å². The molecule has 4 heteroatoms. The van der Waals surface area contributed by atoms with Gasteiger partial charge < -0.3 is 4.74 Å². The zero-order valence-electron chi connectivity index (χ0n) is 9.51. The van der Waals surface area contributed by atoms with Gasteiger partial charge in [-0.3, -0.25) is 0 Å². The molecule has 0 aliphatic carbocycles. The Morgan fingerprint density at radius 3 is 3.06 bits per heavy atom. The van der Waals surface area contributed by atoms with E-state index in [1.807, 2.05) is 18.2 Å². The maximum absolute atomic E-state index is 8.68. The Hall–Kier alpha value is -1.86. The highest BCUT2D eigenvalue weighted by Crippen LogP contribution is 2.17. The second-order valence-corrected chi connectivity index (χ2v) is 4.63. The Balaban J connectivity index is 1.99. The van der Waals surface area contributed by atoms with Gasteiger partial charge in [-0.15, -0.1) is 11.3 Å². The predicted molar refractivity (Wildman–Crippen MR) is 67.0 cm³/mol. The number of thiazole rings is 1. The maximum Gasteiger partial charge on any atom is 0.140 e. The molecule has 0 spiro atoms. The molecular weight excluding hydrogens is 232 g/mol. The molecule has 0 saturated heterocycles. The first-order valence-corrected chi connectivity index (χ1v) is 6.20. The molecular formula is C13H12N2OS. The van der Waals surface area contributed by atoms with Crippen molar-refractivity contribution < 1.29 is 4.74 Å². The molecule has 0 fully saturated rings. The van der Waals surface area contributed by atoms with Crippen LogP contribution < -0.4 is 4.74 Å². The third kappa shape index (κ3) is 3.05. The average Bonchev–Trinajstić information content (AvgIpc) is 2.84. The molecule has 0 amide bonds.